The molecule has 2 amide bonds. The number of rotatable bonds is 12. The van der Waals surface area contributed by atoms with E-state index < -0.39 is 23.2 Å². The molecule has 10 nitrogen and oxygen atoms in total. The molecule has 2 heterocycles. The van der Waals surface area contributed by atoms with E-state index in [1.165, 1.54) is 0 Å². The highest BCUT2D eigenvalue weighted by molar-refractivity contribution is 7.80. The molecule has 0 bridgehead atoms. The van der Waals surface area contributed by atoms with Crippen molar-refractivity contribution in [1.82, 2.24) is 29.4 Å². The number of carbonyl (C=O) groups excluding carboxylic acids is 2. The van der Waals surface area contributed by atoms with Gasteiger partial charge in [-0.2, -0.15) is 0 Å². The van der Waals surface area contributed by atoms with E-state index in [0.717, 1.165) is 0 Å². The summed E-state index contributed by atoms with van der Waals surface area (Å²) < 4.78 is 0. The van der Waals surface area contributed by atoms with Crippen molar-refractivity contribution in [3.63, 3.8) is 0 Å². The van der Waals surface area contributed by atoms with Crippen molar-refractivity contribution < 1.29 is 9.59 Å². The van der Waals surface area contributed by atoms with Gasteiger partial charge in [0.05, 0.1) is 19.8 Å². The molecule has 14 heteroatoms. The molecule has 0 aliphatic carbocycles. The highest BCUT2D eigenvalue weighted by atomic mass is 32.1. The summed E-state index contributed by atoms with van der Waals surface area (Å²) in [5.41, 5.74) is 11.8. The maximum absolute atomic E-state index is 13.4. The first-order chi connectivity index (χ1) is 18.0. The molecule has 2 saturated heterocycles. The smallest absolute Gasteiger partial charge is 0.250 e. The van der Waals surface area contributed by atoms with Crippen LogP contribution in [-0.2, 0) is 9.59 Å². The molecule has 2 rings (SSSR count). The normalized spacial score (nSPS) is 18.3. The van der Waals surface area contributed by atoms with Crippen LogP contribution in [0.5, 0.6) is 0 Å². The number of nitrogens with two attached hydrogens (primary N) is 2. The molecule has 2 aliphatic rings. The third-order valence-electron chi connectivity index (χ3n) is 8.08. The Balaban J connectivity index is 2.69. The van der Waals surface area contributed by atoms with Gasteiger partial charge < -0.3 is 31.1 Å². The summed E-state index contributed by atoms with van der Waals surface area (Å²) in [5, 5.41) is 0.980. The van der Waals surface area contributed by atoms with E-state index in [0.29, 0.717) is 36.2 Å². The summed E-state index contributed by atoms with van der Waals surface area (Å²) >= 11 is 22.7. The van der Waals surface area contributed by atoms with E-state index in [-0.39, 0.29) is 41.8 Å². The van der Waals surface area contributed by atoms with E-state index in [1.807, 2.05) is 65.2 Å². The monoisotopic (exact) mass is 616 g/mol. The predicted molar refractivity (Wildman–Crippen MR) is 171 cm³/mol. The van der Waals surface area contributed by atoms with Gasteiger partial charge in [0.1, 0.15) is 12.3 Å². The third kappa shape index (κ3) is 6.54. The average Bonchev–Trinajstić information content (AvgIpc) is 3.31. The van der Waals surface area contributed by atoms with Gasteiger partial charge in [0.15, 0.2) is 20.4 Å². The molecule has 220 valence electrons. The van der Waals surface area contributed by atoms with Crippen LogP contribution in [0.25, 0.3) is 0 Å². The van der Waals surface area contributed by atoms with Crippen molar-refractivity contribution in [2.45, 2.75) is 80.6 Å². The van der Waals surface area contributed by atoms with Gasteiger partial charge >= 0.3 is 0 Å². The summed E-state index contributed by atoms with van der Waals surface area (Å²) in [4.78, 5) is 37.1. The van der Waals surface area contributed by atoms with Gasteiger partial charge in [-0.25, -0.2) is 0 Å². The van der Waals surface area contributed by atoms with Crippen LogP contribution in [-0.4, -0.2) is 107 Å². The summed E-state index contributed by atoms with van der Waals surface area (Å²) in [5.74, 6) is -0.257. The first-order valence-electron chi connectivity index (χ1n) is 13.3. The lowest BCUT2D eigenvalue weighted by molar-refractivity contribution is -0.133. The Morgan fingerprint density at radius 1 is 0.769 bits per heavy atom. The Bertz CT molecular complexity index is 942. The molecule has 2 fully saturated rings. The van der Waals surface area contributed by atoms with Crippen molar-refractivity contribution in [3.8, 4) is 0 Å². The standard InChI is InChI=1S/C25H44N8O2S4/c1-9-24(5,6)18(32-16(34)13-28(11-3)22(32)38)30(20(26)36)15-31(21(27)37)19(25(7,8)10-2)33-17(35)14-29(12-4)23(33)39/h18-19H,9-15H2,1-8H3,(H2,26,36)(H2,27,37). The highest BCUT2D eigenvalue weighted by Crippen LogP contribution is 2.37. The molecular weight excluding hydrogens is 573 g/mol. The highest BCUT2D eigenvalue weighted by Gasteiger charge is 2.50. The van der Waals surface area contributed by atoms with Gasteiger partial charge in [0.2, 0.25) is 11.8 Å². The van der Waals surface area contributed by atoms with Gasteiger partial charge in [0.25, 0.3) is 0 Å². The SMILES string of the molecule is CCN1CC(=O)N(C(N(CN(C(N)=S)C(N2C(=O)CN(CC)C2=S)C(C)(C)CC)C(N)=S)C(C)(C)CC)C1=S. The van der Waals surface area contributed by atoms with Gasteiger partial charge in [-0.05, 0) is 75.6 Å². The van der Waals surface area contributed by atoms with E-state index >= 15 is 0 Å². The number of hydrogen-bond acceptors (Lipinski definition) is 6. The minimum atomic E-state index is -0.618. The molecule has 0 spiro atoms. The second kappa shape index (κ2) is 12.7. The quantitative estimate of drug-likeness (QED) is 0.249. The summed E-state index contributed by atoms with van der Waals surface area (Å²) in [6, 6.07) is 0. The summed E-state index contributed by atoms with van der Waals surface area (Å²) in [6.45, 7) is 17.8. The van der Waals surface area contributed by atoms with Crippen molar-refractivity contribution in [3.05, 3.63) is 0 Å². The van der Waals surface area contributed by atoms with Crippen molar-refractivity contribution in [2.24, 2.45) is 22.3 Å². The Labute approximate surface area is 254 Å². The van der Waals surface area contributed by atoms with Gasteiger partial charge in [-0.15, -0.1) is 0 Å². The molecular formula is C25H44N8O2S4. The van der Waals surface area contributed by atoms with Crippen molar-refractivity contribution in [1.29, 1.82) is 0 Å². The Hall–Kier alpha value is -1.90. The van der Waals surface area contributed by atoms with E-state index in [9.17, 15) is 9.59 Å². The second-order valence-corrected chi connectivity index (χ2v) is 12.9. The van der Waals surface area contributed by atoms with E-state index in [2.05, 4.69) is 0 Å². The summed E-state index contributed by atoms with van der Waals surface area (Å²) in [7, 11) is 0. The fraction of sp³-hybridized carbons (Fsp3) is 0.760. The minimum absolute atomic E-state index is 0.0316. The lowest BCUT2D eigenvalue weighted by Gasteiger charge is -2.51. The Morgan fingerprint density at radius 3 is 1.28 bits per heavy atom. The zero-order valence-electron chi connectivity index (χ0n) is 24.4. The van der Waals surface area contributed by atoms with E-state index in [4.69, 9.17) is 60.3 Å². The number of carbonyl (C=O) groups is 2. The van der Waals surface area contributed by atoms with Crippen molar-refractivity contribution >= 4 is 81.1 Å². The maximum atomic E-state index is 13.4. The largest absolute Gasteiger partial charge is 0.376 e. The molecule has 0 aromatic carbocycles. The van der Waals surface area contributed by atoms with Crippen LogP contribution in [0.15, 0.2) is 0 Å². The van der Waals surface area contributed by atoms with Gasteiger partial charge in [-0.1, -0.05) is 41.5 Å². The maximum Gasteiger partial charge on any atom is 0.250 e. The van der Waals surface area contributed by atoms with Crippen LogP contribution < -0.4 is 11.5 Å². The molecule has 4 N–H and O–H groups in total. The molecule has 0 aromatic heterocycles. The van der Waals surface area contributed by atoms with Crippen LogP contribution in [0, 0.1) is 10.8 Å². The van der Waals surface area contributed by atoms with Crippen LogP contribution in [0.3, 0.4) is 0 Å². The Kier molecular flexibility index (Phi) is 10.9. The average molecular weight is 617 g/mol. The molecule has 2 unspecified atom stereocenters. The topological polar surface area (TPSA) is 106 Å². The molecule has 0 aromatic rings. The fourth-order valence-electron chi connectivity index (χ4n) is 4.99. The number of amides is 2. The van der Waals surface area contributed by atoms with E-state index in [1.54, 1.807) is 19.6 Å². The van der Waals surface area contributed by atoms with Gasteiger partial charge in [0, 0.05) is 23.9 Å². The molecule has 0 radical (unpaired) electrons. The van der Waals surface area contributed by atoms with Crippen molar-refractivity contribution in [2.75, 3.05) is 32.8 Å². The first-order valence-corrected chi connectivity index (χ1v) is 15.0. The van der Waals surface area contributed by atoms with Crippen LogP contribution in [0.2, 0.25) is 0 Å². The molecule has 0 saturated carbocycles. The van der Waals surface area contributed by atoms with Crippen LogP contribution in [0.4, 0.5) is 0 Å². The first kappa shape index (κ1) is 33.3. The summed E-state index contributed by atoms with van der Waals surface area (Å²) in [6.07, 6.45) is 0.165. The number of nitrogens with zero attached hydrogens (tertiary/aromatic N) is 6. The Morgan fingerprint density at radius 2 is 1.08 bits per heavy atom. The molecule has 39 heavy (non-hydrogen) atoms. The number of hydrogen-bond donors (Lipinski definition) is 2. The lowest BCUT2D eigenvalue weighted by Crippen LogP contribution is -2.67. The zero-order chi connectivity index (χ0) is 30.0. The predicted octanol–water partition coefficient (Wildman–Crippen LogP) is 2.46. The molecule has 2 aliphatic heterocycles. The number of likely N-dealkylation sites (N-methyl/N-ethyl adjacent to an activating group) is 2. The third-order valence-corrected chi connectivity index (χ3v) is 9.46. The molecule has 2 atom stereocenters. The lowest BCUT2D eigenvalue weighted by atomic mass is 9.84. The zero-order valence-corrected chi connectivity index (χ0v) is 27.7. The van der Waals surface area contributed by atoms with Gasteiger partial charge in [-0.3, -0.25) is 19.4 Å². The fourth-order valence-corrected chi connectivity index (χ4v) is 6.10. The van der Waals surface area contributed by atoms with Crippen LogP contribution >= 0.6 is 48.9 Å². The van der Waals surface area contributed by atoms with Crippen LogP contribution in [0.1, 0.15) is 68.2 Å². The number of thiocarbonyl (C=S) groups is 4. The minimum Gasteiger partial charge on any atom is -0.376 e. The second-order valence-electron chi connectivity index (χ2n) is 11.3.